The van der Waals surface area contributed by atoms with Gasteiger partial charge in [0.25, 0.3) is 5.91 Å². The van der Waals surface area contributed by atoms with E-state index in [9.17, 15) is 9.59 Å². The van der Waals surface area contributed by atoms with Crippen LogP contribution < -0.4 is 5.32 Å². The second kappa shape index (κ2) is 9.09. The summed E-state index contributed by atoms with van der Waals surface area (Å²) in [7, 11) is 0. The third-order valence-corrected chi connectivity index (χ3v) is 8.73. The van der Waals surface area contributed by atoms with E-state index in [2.05, 4.69) is 47.8 Å². The molecule has 2 amide bonds. The summed E-state index contributed by atoms with van der Waals surface area (Å²) in [5.41, 5.74) is 3.46. The van der Waals surface area contributed by atoms with E-state index >= 15 is 0 Å². The minimum absolute atomic E-state index is 0.130. The fraction of sp³-hybridized carbons (Fsp3) is 0.452. The molecule has 3 fully saturated rings. The smallest absolute Gasteiger partial charge is 0.256 e. The number of benzene rings is 2. The van der Waals surface area contributed by atoms with E-state index < -0.39 is 5.54 Å². The van der Waals surface area contributed by atoms with Crippen LogP contribution in [0.5, 0.6) is 0 Å². The third-order valence-electron chi connectivity index (χ3n) is 8.73. The molecule has 0 radical (unpaired) electrons. The Balaban J connectivity index is 1.15. The minimum Gasteiger partial charge on any atom is -0.461 e. The van der Waals surface area contributed by atoms with Crippen molar-refractivity contribution in [1.82, 2.24) is 15.1 Å². The van der Waals surface area contributed by atoms with Crippen molar-refractivity contribution >= 4 is 28.6 Å². The Morgan fingerprint density at radius 2 is 1.76 bits per heavy atom. The van der Waals surface area contributed by atoms with Crippen molar-refractivity contribution in [3.63, 3.8) is 0 Å². The number of likely N-dealkylation sites (tertiary alicyclic amines) is 1. The van der Waals surface area contributed by atoms with Crippen LogP contribution in [0.4, 0.5) is 0 Å². The summed E-state index contributed by atoms with van der Waals surface area (Å²) in [5.74, 6) is 2.67. The van der Waals surface area contributed by atoms with E-state index in [4.69, 9.17) is 9.41 Å². The number of nitrogens with one attached hydrogen (secondary N) is 1. The number of amides is 2. The highest BCUT2D eigenvalue weighted by molar-refractivity contribution is 6.15. The Hall–Kier alpha value is -3.45. The standard InChI is InChI=1S/C31H34N4O3/c1-20-16-26-17-25(8-9-27(26)38-20)22-2-4-23(5-3-22)28-33-31(11-13-32-14-12-31)30(37)35(28)19-21-10-15-34(18-21)29(36)24-6-7-24/h2-5,8-9,16-17,21,24,32H,6-7,10-15,18-19H2,1H3. The first-order chi connectivity index (χ1) is 18.5. The number of hydrogen-bond donors (Lipinski definition) is 1. The monoisotopic (exact) mass is 510 g/mol. The van der Waals surface area contributed by atoms with Crippen LogP contribution >= 0.6 is 0 Å². The molecule has 196 valence electrons. The van der Waals surface area contributed by atoms with E-state index in [1.807, 2.05) is 22.8 Å². The van der Waals surface area contributed by atoms with Gasteiger partial charge >= 0.3 is 0 Å². The predicted molar refractivity (Wildman–Crippen MR) is 147 cm³/mol. The molecule has 1 saturated carbocycles. The summed E-state index contributed by atoms with van der Waals surface area (Å²) in [6.45, 7) is 5.75. The molecule has 4 aliphatic rings. The molecular weight excluding hydrogens is 476 g/mol. The van der Waals surface area contributed by atoms with Gasteiger partial charge in [-0.3, -0.25) is 19.5 Å². The average molecular weight is 511 g/mol. The van der Waals surface area contributed by atoms with Gasteiger partial charge in [0.05, 0.1) is 0 Å². The quantitative estimate of drug-likeness (QED) is 0.553. The number of hydrogen-bond acceptors (Lipinski definition) is 5. The summed E-state index contributed by atoms with van der Waals surface area (Å²) in [4.78, 5) is 35.6. The normalized spacial score (nSPS) is 23.0. The van der Waals surface area contributed by atoms with Gasteiger partial charge in [0, 0.05) is 36.5 Å². The zero-order valence-corrected chi connectivity index (χ0v) is 21.9. The molecule has 1 atom stereocenters. The number of piperidine rings is 1. The molecule has 1 N–H and O–H groups in total. The van der Waals surface area contributed by atoms with Crippen molar-refractivity contribution in [2.24, 2.45) is 16.8 Å². The summed E-state index contributed by atoms with van der Waals surface area (Å²) in [6, 6.07) is 16.7. The minimum atomic E-state index is -0.661. The molecule has 3 aromatic rings. The van der Waals surface area contributed by atoms with Gasteiger partial charge in [-0.05, 0) is 87.4 Å². The van der Waals surface area contributed by atoms with Crippen molar-refractivity contribution in [3.8, 4) is 11.1 Å². The lowest BCUT2D eigenvalue weighted by Gasteiger charge is -2.31. The highest BCUT2D eigenvalue weighted by Gasteiger charge is 2.49. The van der Waals surface area contributed by atoms with Gasteiger partial charge in [0.2, 0.25) is 5.91 Å². The molecule has 2 saturated heterocycles. The first-order valence-corrected chi connectivity index (χ1v) is 14.0. The maximum absolute atomic E-state index is 13.9. The number of carbonyl (C=O) groups excluding carboxylic acids is 2. The van der Waals surface area contributed by atoms with Gasteiger partial charge < -0.3 is 14.6 Å². The molecule has 38 heavy (non-hydrogen) atoms. The molecule has 7 nitrogen and oxygen atoms in total. The van der Waals surface area contributed by atoms with Gasteiger partial charge in [0.1, 0.15) is 22.7 Å². The largest absolute Gasteiger partial charge is 0.461 e. The molecule has 1 spiro atoms. The van der Waals surface area contributed by atoms with Crippen molar-refractivity contribution in [2.75, 3.05) is 32.7 Å². The van der Waals surface area contributed by atoms with E-state index in [1.165, 1.54) is 0 Å². The lowest BCUT2D eigenvalue weighted by molar-refractivity contribution is -0.132. The zero-order chi connectivity index (χ0) is 25.9. The summed E-state index contributed by atoms with van der Waals surface area (Å²) in [5, 5.41) is 4.48. The highest BCUT2D eigenvalue weighted by Crippen LogP contribution is 2.37. The molecule has 4 heterocycles. The number of furan rings is 1. The number of aliphatic imine (C=N–C) groups is 1. The fourth-order valence-electron chi connectivity index (χ4n) is 6.41. The lowest BCUT2D eigenvalue weighted by atomic mass is 9.88. The van der Waals surface area contributed by atoms with Crippen LogP contribution in [0.1, 0.15) is 43.4 Å². The molecule has 0 bridgehead atoms. The van der Waals surface area contributed by atoms with E-state index in [1.54, 1.807) is 0 Å². The average Bonchev–Trinajstić information content (AvgIpc) is 3.48. The van der Waals surface area contributed by atoms with Crippen LogP contribution in [0.2, 0.25) is 0 Å². The van der Waals surface area contributed by atoms with Crippen molar-refractivity contribution in [2.45, 2.75) is 44.6 Å². The van der Waals surface area contributed by atoms with E-state index in [0.29, 0.717) is 12.5 Å². The van der Waals surface area contributed by atoms with E-state index in [0.717, 1.165) is 97.5 Å². The first kappa shape index (κ1) is 23.7. The Morgan fingerprint density at radius 1 is 1.03 bits per heavy atom. The Bertz CT molecular complexity index is 1430. The van der Waals surface area contributed by atoms with Gasteiger partial charge in [0.15, 0.2) is 0 Å². The topological polar surface area (TPSA) is 78.2 Å². The molecule has 1 unspecified atom stereocenters. The number of aryl methyl sites for hydroxylation is 1. The molecule has 3 aliphatic heterocycles. The predicted octanol–water partition coefficient (Wildman–Crippen LogP) is 4.38. The van der Waals surface area contributed by atoms with Crippen LogP contribution in [0.15, 0.2) is 57.9 Å². The Labute approximate surface area is 222 Å². The van der Waals surface area contributed by atoms with Crippen molar-refractivity contribution < 1.29 is 14.0 Å². The van der Waals surface area contributed by atoms with Crippen LogP contribution in [0.25, 0.3) is 22.1 Å². The maximum Gasteiger partial charge on any atom is 0.256 e. The van der Waals surface area contributed by atoms with Crippen LogP contribution in [0, 0.1) is 18.8 Å². The lowest BCUT2D eigenvalue weighted by Crippen LogP contribution is -2.50. The number of nitrogens with zero attached hydrogens (tertiary/aromatic N) is 3. The number of rotatable bonds is 5. The van der Waals surface area contributed by atoms with Crippen molar-refractivity contribution in [1.29, 1.82) is 0 Å². The number of carbonyl (C=O) groups is 2. The first-order valence-electron chi connectivity index (χ1n) is 14.0. The Kier molecular flexibility index (Phi) is 5.65. The van der Waals surface area contributed by atoms with Crippen LogP contribution in [-0.2, 0) is 9.59 Å². The third kappa shape index (κ3) is 4.13. The van der Waals surface area contributed by atoms with E-state index in [-0.39, 0.29) is 17.7 Å². The highest BCUT2D eigenvalue weighted by atomic mass is 16.3. The van der Waals surface area contributed by atoms with Crippen LogP contribution in [0.3, 0.4) is 0 Å². The second-order valence-corrected chi connectivity index (χ2v) is 11.5. The molecular formula is C31H34N4O3. The molecule has 2 aromatic carbocycles. The van der Waals surface area contributed by atoms with Crippen LogP contribution in [-0.4, -0.2) is 65.7 Å². The Morgan fingerprint density at radius 3 is 2.53 bits per heavy atom. The fourth-order valence-corrected chi connectivity index (χ4v) is 6.41. The summed E-state index contributed by atoms with van der Waals surface area (Å²) < 4.78 is 5.73. The molecule has 1 aliphatic carbocycles. The second-order valence-electron chi connectivity index (χ2n) is 11.5. The van der Waals surface area contributed by atoms with Gasteiger partial charge in [-0.25, -0.2) is 0 Å². The summed E-state index contributed by atoms with van der Waals surface area (Å²) >= 11 is 0. The maximum atomic E-state index is 13.9. The van der Waals surface area contributed by atoms with Crippen molar-refractivity contribution in [3.05, 3.63) is 59.9 Å². The van der Waals surface area contributed by atoms with Gasteiger partial charge in [-0.15, -0.1) is 0 Å². The zero-order valence-electron chi connectivity index (χ0n) is 21.9. The molecule has 1 aromatic heterocycles. The summed E-state index contributed by atoms with van der Waals surface area (Å²) in [6.07, 6.45) is 4.46. The number of fused-ring (bicyclic) bond motifs is 1. The van der Waals surface area contributed by atoms with Gasteiger partial charge in [-0.1, -0.05) is 30.3 Å². The molecule has 7 heteroatoms. The molecule has 7 rings (SSSR count). The number of amidine groups is 1. The SMILES string of the molecule is Cc1cc2cc(-c3ccc(C4=NC5(CCNCC5)C(=O)N4CC4CCN(C(=O)C5CC5)C4)cc3)ccc2o1. The van der Waals surface area contributed by atoms with Gasteiger partial charge in [-0.2, -0.15) is 0 Å².